The number of aldehydes is 1. The van der Waals surface area contributed by atoms with Gasteiger partial charge >= 0.3 is 0 Å². The molecule has 0 atom stereocenters. The second-order valence-corrected chi connectivity index (χ2v) is 3.15. The SMILES string of the molecule is [N-]=[N+]=Cc1c(C=O)ccc2ccccc12. The van der Waals surface area contributed by atoms with Crippen molar-refractivity contribution in [1.29, 1.82) is 0 Å². The monoisotopic (exact) mass is 196 g/mol. The summed E-state index contributed by atoms with van der Waals surface area (Å²) >= 11 is 0. The first kappa shape index (κ1) is 9.31. The highest BCUT2D eigenvalue weighted by Gasteiger charge is 2.07. The van der Waals surface area contributed by atoms with Gasteiger partial charge in [-0.25, -0.2) is 0 Å². The summed E-state index contributed by atoms with van der Waals surface area (Å²) in [6.45, 7) is 0. The summed E-state index contributed by atoms with van der Waals surface area (Å²) in [5, 5.41) is 1.91. The second-order valence-electron chi connectivity index (χ2n) is 3.15. The molecule has 0 heterocycles. The van der Waals surface area contributed by atoms with E-state index >= 15 is 0 Å². The van der Waals surface area contributed by atoms with Gasteiger partial charge in [0.25, 0.3) is 6.21 Å². The fourth-order valence-corrected chi connectivity index (χ4v) is 1.62. The summed E-state index contributed by atoms with van der Waals surface area (Å²) in [7, 11) is 0. The number of rotatable bonds is 2. The van der Waals surface area contributed by atoms with E-state index in [-0.39, 0.29) is 0 Å². The molecule has 2 rings (SSSR count). The zero-order valence-corrected chi connectivity index (χ0v) is 7.92. The zero-order valence-electron chi connectivity index (χ0n) is 7.92. The van der Waals surface area contributed by atoms with Crippen molar-refractivity contribution in [3.63, 3.8) is 0 Å². The second kappa shape index (κ2) is 3.86. The minimum Gasteiger partial charge on any atom is -0.361 e. The molecule has 3 nitrogen and oxygen atoms in total. The van der Waals surface area contributed by atoms with Crippen LogP contribution < -0.4 is 0 Å². The average Bonchev–Trinajstić information content (AvgIpc) is 2.30. The van der Waals surface area contributed by atoms with Crippen LogP contribution in [-0.4, -0.2) is 17.3 Å². The fourth-order valence-electron chi connectivity index (χ4n) is 1.62. The van der Waals surface area contributed by atoms with Gasteiger partial charge in [0.2, 0.25) is 0 Å². The molecule has 15 heavy (non-hydrogen) atoms. The molecular formula is C12H8N2O. The number of fused-ring (bicyclic) bond motifs is 1. The molecule has 0 saturated carbocycles. The Hall–Kier alpha value is -2.25. The van der Waals surface area contributed by atoms with Crippen LogP contribution in [0.1, 0.15) is 15.9 Å². The van der Waals surface area contributed by atoms with E-state index in [1.165, 1.54) is 6.21 Å². The van der Waals surface area contributed by atoms with Crippen molar-refractivity contribution in [3.8, 4) is 0 Å². The minimum absolute atomic E-state index is 0.520. The number of carbonyl (C=O) groups excluding carboxylic acids is 1. The minimum atomic E-state index is 0.520. The number of hydrogen-bond donors (Lipinski definition) is 0. The molecular weight excluding hydrogens is 188 g/mol. The smallest absolute Gasteiger partial charge is 0.289 e. The van der Waals surface area contributed by atoms with Gasteiger partial charge in [0.05, 0.1) is 5.56 Å². The molecule has 0 saturated heterocycles. The third-order valence-electron chi connectivity index (χ3n) is 2.32. The van der Waals surface area contributed by atoms with Crippen LogP contribution in [0.3, 0.4) is 0 Å². The predicted octanol–water partition coefficient (Wildman–Crippen LogP) is 2.30. The largest absolute Gasteiger partial charge is 0.361 e. The molecule has 0 fully saturated rings. The van der Waals surface area contributed by atoms with Crippen molar-refractivity contribution in [1.82, 2.24) is 0 Å². The van der Waals surface area contributed by atoms with E-state index < -0.39 is 0 Å². The predicted molar refractivity (Wildman–Crippen MR) is 58.1 cm³/mol. The maximum atomic E-state index is 10.8. The first-order valence-corrected chi connectivity index (χ1v) is 4.51. The van der Waals surface area contributed by atoms with Gasteiger partial charge in [0.15, 0.2) is 6.29 Å². The Labute approximate surface area is 86.6 Å². The molecule has 0 bridgehead atoms. The Morgan fingerprint density at radius 3 is 2.67 bits per heavy atom. The van der Waals surface area contributed by atoms with Crippen molar-refractivity contribution < 1.29 is 9.58 Å². The third kappa shape index (κ3) is 1.56. The van der Waals surface area contributed by atoms with Crippen LogP contribution >= 0.6 is 0 Å². The van der Waals surface area contributed by atoms with Gasteiger partial charge in [-0.1, -0.05) is 36.4 Å². The number of hydrogen-bond acceptors (Lipinski definition) is 1. The lowest BCUT2D eigenvalue weighted by Gasteiger charge is -2.01. The molecule has 0 spiro atoms. The normalized spacial score (nSPS) is 9.60. The van der Waals surface area contributed by atoms with Crippen LogP contribution in [0.2, 0.25) is 0 Å². The van der Waals surface area contributed by atoms with E-state index in [0.29, 0.717) is 11.1 Å². The molecule has 0 aliphatic heterocycles. The third-order valence-corrected chi connectivity index (χ3v) is 2.32. The maximum absolute atomic E-state index is 10.8. The van der Waals surface area contributed by atoms with Crippen LogP contribution in [-0.2, 0) is 0 Å². The molecule has 0 aliphatic carbocycles. The summed E-state index contributed by atoms with van der Waals surface area (Å²) in [4.78, 5) is 13.8. The molecule has 2 aromatic rings. The Kier molecular flexibility index (Phi) is 2.40. The van der Waals surface area contributed by atoms with Gasteiger partial charge in [-0.05, 0) is 10.8 Å². The van der Waals surface area contributed by atoms with E-state index in [9.17, 15) is 4.79 Å². The highest BCUT2D eigenvalue weighted by molar-refractivity contribution is 6.04. The molecule has 0 aromatic heterocycles. The Bertz CT molecular complexity index is 569. The van der Waals surface area contributed by atoms with Gasteiger partial charge in [-0.15, -0.1) is 0 Å². The highest BCUT2D eigenvalue weighted by atomic mass is 16.1. The Morgan fingerprint density at radius 1 is 1.13 bits per heavy atom. The molecule has 0 aliphatic rings. The molecule has 0 amide bonds. The standard InChI is InChI=1S/C12H8N2O/c13-14-7-12-10(8-15)6-5-9-3-1-2-4-11(9)12/h1-8H. The van der Waals surface area contributed by atoms with Crippen molar-refractivity contribution in [3.05, 3.63) is 53.1 Å². The summed E-state index contributed by atoms with van der Waals surface area (Å²) < 4.78 is 0. The summed E-state index contributed by atoms with van der Waals surface area (Å²) in [5.41, 5.74) is 9.72. The van der Waals surface area contributed by atoms with Crippen LogP contribution in [0.25, 0.3) is 16.3 Å². The highest BCUT2D eigenvalue weighted by Crippen LogP contribution is 2.19. The summed E-state index contributed by atoms with van der Waals surface area (Å²) in [6.07, 6.45) is 2.04. The molecule has 0 radical (unpaired) electrons. The first-order chi connectivity index (χ1) is 7.36. The van der Waals surface area contributed by atoms with Crippen molar-refractivity contribution in [2.45, 2.75) is 0 Å². The summed E-state index contributed by atoms with van der Waals surface area (Å²) in [6, 6.07) is 11.2. The van der Waals surface area contributed by atoms with Gasteiger partial charge < -0.3 is 5.53 Å². The quantitative estimate of drug-likeness (QED) is 0.314. The zero-order chi connectivity index (χ0) is 10.7. The number of carbonyl (C=O) groups is 1. The van der Waals surface area contributed by atoms with Gasteiger partial charge in [-0.2, -0.15) is 4.79 Å². The van der Waals surface area contributed by atoms with E-state index in [1.54, 1.807) is 6.07 Å². The van der Waals surface area contributed by atoms with E-state index in [1.807, 2.05) is 30.3 Å². The van der Waals surface area contributed by atoms with Gasteiger partial charge in [0, 0.05) is 5.56 Å². The van der Waals surface area contributed by atoms with E-state index in [4.69, 9.17) is 5.53 Å². The Morgan fingerprint density at radius 2 is 1.93 bits per heavy atom. The van der Waals surface area contributed by atoms with Crippen molar-refractivity contribution >= 4 is 23.3 Å². The lowest BCUT2D eigenvalue weighted by molar-refractivity contribution is 0.00461. The molecule has 2 aromatic carbocycles. The molecule has 3 heteroatoms. The number of nitrogens with zero attached hydrogens (tertiary/aromatic N) is 2. The van der Waals surface area contributed by atoms with Gasteiger partial charge in [-0.3, -0.25) is 4.79 Å². The first-order valence-electron chi connectivity index (χ1n) is 4.51. The lowest BCUT2D eigenvalue weighted by atomic mass is 10.0. The molecule has 0 N–H and O–H groups in total. The molecule has 0 unspecified atom stereocenters. The number of benzene rings is 2. The van der Waals surface area contributed by atoms with Gasteiger partial charge in [0.1, 0.15) is 0 Å². The molecule has 72 valence electrons. The van der Waals surface area contributed by atoms with E-state index in [0.717, 1.165) is 17.1 Å². The van der Waals surface area contributed by atoms with Crippen molar-refractivity contribution in [2.24, 2.45) is 0 Å². The van der Waals surface area contributed by atoms with Crippen LogP contribution in [0, 0.1) is 0 Å². The van der Waals surface area contributed by atoms with Crippen LogP contribution in [0.15, 0.2) is 36.4 Å². The maximum Gasteiger partial charge on any atom is 0.289 e. The van der Waals surface area contributed by atoms with Crippen LogP contribution in [0.5, 0.6) is 0 Å². The van der Waals surface area contributed by atoms with Crippen LogP contribution in [0.4, 0.5) is 0 Å². The van der Waals surface area contributed by atoms with E-state index in [2.05, 4.69) is 4.79 Å². The average molecular weight is 196 g/mol. The summed E-state index contributed by atoms with van der Waals surface area (Å²) in [5.74, 6) is 0. The Balaban J connectivity index is 2.90. The van der Waals surface area contributed by atoms with Crippen molar-refractivity contribution in [2.75, 3.05) is 0 Å². The lowest BCUT2D eigenvalue weighted by Crippen LogP contribution is -1.93. The fraction of sp³-hybridized carbons (Fsp3) is 0. The topological polar surface area (TPSA) is 53.5 Å².